The van der Waals surface area contributed by atoms with Crippen LogP contribution in [-0.2, 0) is 4.79 Å². The summed E-state index contributed by atoms with van der Waals surface area (Å²) in [5.74, 6) is 0.814. The van der Waals surface area contributed by atoms with E-state index >= 15 is 0 Å². The monoisotopic (exact) mass is 218 g/mol. The van der Waals surface area contributed by atoms with Gasteiger partial charge in [0.1, 0.15) is 0 Å². The first-order valence-corrected chi connectivity index (χ1v) is 5.87. The summed E-state index contributed by atoms with van der Waals surface area (Å²) in [6.45, 7) is 2.66. The van der Waals surface area contributed by atoms with Crippen molar-refractivity contribution in [3.63, 3.8) is 0 Å². The second-order valence-corrected chi connectivity index (χ2v) is 4.34. The van der Waals surface area contributed by atoms with Gasteiger partial charge in [-0.1, -0.05) is 12.1 Å². The molecule has 1 aliphatic rings. The average molecular weight is 218 g/mol. The number of benzene rings is 1. The molecule has 3 heteroatoms. The fraction of sp³-hybridized carbons (Fsp3) is 0.462. The Morgan fingerprint density at radius 2 is 2.12 bits per heavy atom. The van der Waals surface area contributed by atoms with Crippen molar-refractivity contribution in [2.24, 2.45) is 5.92 Å². The smallest absolute Gasteiger partial charge is 0.227 e. The van der Waals surface area contributed by atoms with Crippen LogP contribution in [0.1, 0.15) is 26.2 Å². The number of para-hydroxylation sites is 2. The zero-order valence-electron chi connectivity index (χ0n) is 9.65. The maximum atomic E-state index is 12.0. The van der Waals surface area contributed by atoms with E-state index in [4.69, 9.17) is 5.73 Å². The summed E-state index contributed by atoms with van der Waals surface area (Å²) in [6, 6.07) is 7.54. The van der Waals surface area contributed by atoms with E-state index in [9.17, 15) is 4.79 Å². The molecule has 1 aromatic rings. The zero-order valence-corrected chi connectivity index (χ0v) is 9.65. The summed E-state index contributed by atoms with van der Waals surface area (Å²) < 4.78 is 0. The first-order valence-electron chi connectivity index (χ1n) is 5.87. The number of rotatable bonds is 4. The number of carbonyl (C=O) groups is 1. The lowest BCUT2D eigenvalue weighted by atomic mass is 10.2. The number of hydrogen-bond donors (Lipinski definition) is 1. The molecule has 1 amide bonds. The molecule has 3 nitrogen and oxygen atoms in total. The van der Waals surface area contributed by atoms with Crippen LogP contribution in [-0.4, -0.2) is 12.5 Å². The van der Waals surface area contributed by atoms with Crippen molar-refractivity contribution < 1.29 is 4.79 Å². The molecule has 0 radical (unpaired) electrons. The molecule has 0 spiro atoms. The third-order valence-corrected chi connectivity index (χ3v) is 3.01. The standard InChI is InChI=1S/C13H18N2O/c1-2-15(13(16)9-10-7-8-10)12-6-4-3-5-11(12)14/h3-6,10H,2,7-9,14H2,1H3. The van der Waals surface area contributed by atoms with Crippen molar-refractivity contribution in [2.75, 3.05) is 17.2 Å². The number of nitrogen functional groups attached to an aromatic ring is 1. The van der Waals surface area contributed by atoms with Crippen LogP contribution < -0.4 is 10.6 Å². The second kappa shape index (κ2) is 4.56. The molecule has 0 aliphatic heterocycles. The normalized spacial score (nSPS) is 14.8. The van der Waals surface area contributed by atoms with E-state index in [-0.39, 0.29) is 5.91 Å². The Bertz CT molecular complexity index is 385. The summed E-state index contributed by atoms with van der Waals surface area (Å²) in [5, 5.41) is 0. The highest BCUT2D eigenvalue weighted by Crippen LogP contribution is 2.34. The first kappa shape index (κ1) is 11.0. The van der Waals surface area contributed by atoms with Crippen LogP contribution in [0.4, 0.5) is 11.4 Å². The SMILES string of the molecule is CCN(C(=O)CC1CC1)c1ccccc1N. The van der Waals surface area contributed by atoms with Gasteiger partial charge in [-0.2, -0.15) is 0 Å². The van der Waals surface area contributed by atoms with Crippen molar-refractivity contribution in [3.8, 4) is 0 Å². The van der Waals surface area contributed by atoms with Gasteiger partial charge in [-0.3, -0.25) is 4.79 Å². The molecule has 1 aliphatic carbocycles. The van der Waals surface area contributed by atoms with Crippen molar-refractivity contribution in [3.05, 3.63) is 24.3 Å². The lowest BCUT2D eigenvalue weighted by Crippen LogP contribution is -2.31. The van der Waals surface area contributed by atoms with Crippen molar-refractivity contribution in [1.82, 2.24) is 0 Å². The molecular weight excluding hydrogens is 200 g/mol. The lowest BCUT2D eigenvalue weighted by molar-refractivity contribution is -0.118. The summed E-state index contributed by atoms with van der Waals surface area (Å²) in [5.41, 5.74) is 7.41. The molecule has 0 atom stereocenters. The molecule has 1 fully saturated rings. The third kappa shape index (κ3) is 2.35. The van der Waals surface area contributed by atoms with E-state index in [0.717, 1.165) is 5.69 Å². The van der Waals surface area contributed by atoms with Crippen molar-refractivity contribution >= 4 is 17.3 Å². The van der Waals surface area contributed by atoms with E-state index < -0.39 is 0 Å². The molecule has 1 saturated carbocycles. The minimum absolute atomic E-state index is 0.197. The molecule has 86 valence electrons. The Balaban J connectivity index is 2.14. The highest BCUT2D eigenvalue weighted by Gasteiger charge is 2.27. The van der Waals surface area contributed by atoms with Gasteiger partial charge in [-0.05, 0) is 37.8 Å². The topological polar surface area (TPSA) is 46.3 Å². The van der Waals surface area contributed by atoms with Crippen LogP contribution in [0.3, 0.4) is 0 Å². The third-order valence-electron chi connectivity index (χ3n) is 3.01. The van der Waals surface area contributed by atoms with E-state index in [1.54, 1.807) is 4.90 Å². The summed E-state index contributed by atoms with van der Waals surface area (Å²) in [7, 11) is 0. The minimum atomic E-state index is 0.197. The molecule has 16 heavy (non-hydrogen) atoms. The minimum Gasteiger partial charge on any atom is -0.397 e. The highest BCUT2D eigenvalue weighted by atomic mass is 16.2. The molecule has 0 unspecified atom stereocenters. The molecule has 2 N–H and O–H groups in total. The molecular formula is C13H18N2O. The molecule has 0 saturated heterocycles. The molecule has 0 aromatic heterocycles. The van der Waals surface area contributed by atoms with Gasteiger partial charge < -0.3 is 10.6 Å². The highest BCUT2D eigenvalue weighted by molar-refractivity contribution is 5.96. The average Bonchev–Trinajstić information content (AvgIpc) is 3.06. The van der Waals surface area contributed by atoms with Gasteiger partial charge in [0.15, 0.2) is 0 Å². The Hall–Kier alpha value is -1.51. The van der Waals surface area contributed by atoms with Crippen LogP contribution in [0.15, 0.2) is 24.3 Å². The Kier molecular flexibility index (Phi) is 3.13. The summed E-state index contributed by atoms with van der Waals surface area (Å²) in [4.78, 5) is 13.8. The quantitative estimate of drug-likeness (QED) is 0.789. The van der Waals surface area contributed by atoms with Crippen molar-refractivity contribution in [1.29, 1.82) is 0 Å². The van der Waals surface area contributed by atoms with E-state index in [1.807, 2.05) is 31.2 Å². The summed E-state index contributed by atoms with van der Waals surface area (Å²) >= 11 is 0. The number of nitrogens with zero attached hydrogens (tertiary/aromatic N) is 1. The molecule has 2 rings (SSSR count). The van der Waals surface area contributed by atoms with E-state index in [2.05, 4.69) is 0 Å². The van der Waals surface area contributed by atoms with Crippen LogP contribution >= 0.6 is 0 Å². The Morgan fingerprint density at radius 1 is 1.44 bits per heavy atom. The maximum absolute atomic E-state index is 12.0. The Labute approximate surface area is 96.2 Å². The molecule has 1 aromatic carbocycles. The predicted octanol–water partition coefficient (Wildman–Crippen LogP) is 2.42. The fourth-order valence-electron chi connectivity index (χ4n) is 1.89. The van der Waals surface area contributed by atoms with Gasteiger partial charge in [0.25, 0.3) is 0 Å². The first-order chi connectivity index (χ1) is 7.72. The van der Waals surface area contributed by atoms with Gasteiger partial charge in [0.05, 0.1) is 11.4 Å². The van der Waals surface area contributed by atoms with Crippen LogP contribution in [0.25, 0.3) is 0 Å². The predicted molar refractivity (Wildman–Crippen MR) is 66.2 cm³/mol. The van der Waals surface area contributed by atoms with Gasteiger partial charge in [-0.25, -0.2) is 0 Å². The molecule has 0 heterocycles. The van der Waals surface area contributed by atoms with Crippen LogP contribution in [0, 0.1) is 5.92 Å². The fourth-order valence-corrected chi connectivity index (χ4v) is 1.89. The maximum Gasteiger partial charge on any atom is 0.227 e. The molecule has 0 bridgehead atoms. The number of anilines is 2. The number of carbonyl (C=O) groups excluding carboxylic acids is 1. The van der Waals surface area contributed by atoms with Gasteiger partial charge in [0, 0.05) is 13.0 Å². The van der Waals surface area contributed by atoms with E-state index in [1.165, 1.54) is 12.8 Å². The van der Waals surface area contributed by atoms with E-state index in [0.29, 0.717) is 24.6 Å². The van der Waals surface area contributed by atoms with Crippen molar-refractivity contribution in [2.45, 2.75) is 26.2 Å². The largest absolute Gasteiger partial charge is 0.397 e. The van der Waals surface area contributed by atoms with Gasteiger partial charge in [0.2, 0.25) is 5.91 Å². The van der Waals surface area contributed by atoms with Gasteiger partial charge >= 0.3 is 0 Å². The zero-order chi connectivity index (χ0) is 11.5. The van der Waals surface area contributed by atoms with Crippen LogP contribution in [0.2, 0.25) is 0 Å². The van der Waals surface area contributed by atoms with Crippen LogP contribution in [0.5, 0.6) is 0 Å². The number of hydrogen-bond acceptors (Lipinski definition) is 2. The Morgan fingerprint density at radius 3 is 2.69 bits per heavy atom. The number of amides is 1. The van der Waals surface area contributed by atoms with Gasteiger partial charge in [-0.15, -0.1) is 0 Å². The summed E-state index contributed by atoms with van der Waals surface area (Å²) in [6.07, 6.45) is 3.07. The lowest BCUT2D eigenvalue weighted by Gasteiger charge is -2.22. The number of nitrogens with two attached hydrogens (primary N) is 1. The second-order valence-electron chi connectivity index (χ2n) is 4.34.